The van der Waals surface area contributed by atoms with Crippen molar-refractivity contribution in [2.75, 3.05) is 18.4 Å². The molecule has 0 bridgehead atoms. The van der Waals surface area contributed by atoms with Crippen molar-refractivity contribution < 1.29 is 14.3 Å². The second-order valence-corrected chi connectivity index (χ2v) is 6.69. The van der Waals surface area contributed by atoms with Crippen LogP contribution < -0.4 is 5.32 Å². The summed E-state index contributed by atoms with van der Waals surface area (Å²) in [4.78, 5) is 17.3. The van der Waals surface area contributed by atoms with Gasteiger partial charge in [0.1, 0.15) is 5.82 Å². The van der Waals surface area contributed by atoms with Gasteiger partial charge >= 0.3 is 5.97 Å². The van der Waals surface area contributed by atoms with E-state index in [2.05, 4.69) is 15.2 Å². The third-order valence-corrected chi connectivity index (χ3v) is 4.95. The zero-order valence-corrected chi connectivity index (χ0v) is 13.7. The molecule has 0 amide bonds. The molecule has 24 heavy (non-hydrogen) atoms. The molecule has 6 heteroatoms. The average Bonchev–Trinajstić information content (AvgIpc) is 3.06. The summed E-state index contributed by atoms with van der Waals surface area (Å²) in [6.07, 6.45) is 10.3. The number of aromatic nitrogens is 1. The number of rotatable bonds is 5. The number of aliphatic carboxylic acids is 1. The minimum Gasteiger partial charge on any atom is -0.476 e. The minimum atomic E-state index is -1.56. The molecule has 2 heterocycles. The largest absolute Gasteiger partial charge is 0.476 e. The van der Waals surface area contributed by atoms with Crippen LogP contribution in [0.15, 0.2) is 24.2 Å². The average molecular weight is 333 g/mol. The SMILES string of the molecule is O=C(O)C(F)=Cc1ccc(N[C@@H]2CCN(C3CCCCC3)C2)nc1. The molecule has 1 saturated heterocycles. The summed E-state index contributed by atoms with van der Waals surface area (Å²) >= 11 is 0. The first-order valence-corrected chi connectivity index (χ1v) is 8.69. The number of hydrogen-bond donors (Lipinski definition) is 2. The number of anilines is 1. The van der Waals surface area contributed by atoms with E-state index in [1.165, 1.54) is 38.3 Å². The molecule has 0 unspecified atom stereocenters. The van der Waals surface area contributed by atoms with Gasteiger partial charge in [-0.05, 0) is 43.0 Å². The van der Waals surface area contributed by atoms with E-state index in [1.807, 2.05) is 0 Å². The number of carboxylic acids is 1. The Bertz CT molecular complexity index is 597. The fraction of sp³-hybridized carbons (Fsp3) is 0.556. The summed E-state index contributed by atoms with van der Waals surface area (Å²) in [6, 6.07) is 4.57. The monoisotopic (exact) mass is 333 g/mol. The summed E-state index contributed by atoms with van der Waals surface area (Å²) in [7, 11) is 0. The fourth-order valence-electron chi connectivity index (χ4n) is 3.68. The molecule has 0 aromatic carbocycles. The summed E-state index contributed by atoms with van der Waals surface area (Å²) in [5, 5.41) is 12.0. The van der Waals surface area contributed by atoms with Crippen molar-refractivity contribution in [1.29, 1.82) is 0 Å². The van der Waals surface area contributed by atoms with E-state index in [4.69, 9.17) is 5.11 Å². The van der Waals surface area contributed by atoms with Crippen LogP contribution in [0.25, 0.3) is 6.08 Å². The fourth-order valence-corrected chi connectivity index (χ4v) is 3.68. The molecule has 1 aliphatic heterocycles. The van der Waals surface area contributed by atoms with Gasteiger partial charge in [0.2, 0.25) is 5.83 Å². The maximum atomic E-state index is 13.1. The molecule has 1 aromatic rings. The van der Waals surface area contributed by atoms with Crippen LogP contribution in [0.5, 0.6) is 0 Å². The van der Waals surface area contributed by atoms with Gasteiger partial charge in [-0.2, -0.15) is 4.39 Å². The number of carbonyl (C=O) groups is 1. The Morgan fingerprint density at radius 3 is 2.75 bits per heavy atom. The number of carboxylic acid groups (broad SMARTS) is 1. The molecule has 2 aliphatic rings. The van der Waals surface area contributed by atoms with Crippen molar-refractivity contribution >= 4 is 17.9 Å². The van der Waals surface area contributed by atoms with Crippen molar-refractivity contribution in [1.82, 2.24) is 9.88 Å². The Morgan fingerprint density at radius 2 is 2.08 bits per heavy atom. The molecule has 1 aromatic heterocycles. The normalized spacial score (nSPS) is 23.4. The maximum absolute atomic E-state index is 13.1. The lowest BCUT2D eigenvalue weighted by Gasteiger charge is -2.31. The van der Waals surface area contributed by atoms with E-state index in [-0.39, 0.29) is 0 Å². The summed E-state index contributed by atoms with van der Waals surface area (Å²) in [6.45, 7) is 2.18. The molecule has 3 rings (SSSR count). The first kappa shape index (κ1) is 16.9. The smallest absolute Gasteiger partial charge is 0.364 e. The van der Waals surface area contributed by atoms with Gasteiger partial charge in [0.15, 0.2) is 0 Å². The lowest BCUT2D eigenvalue weighted by atomic mass is 9.94. The lowest BCUT2D eigenvalue weighted by Crippen LogP contribution is -2.36. The Morgan fingerprint density at radius 1 is 1.29 bits per heavy atom. The van der Waals surface area contributed by atoms with Crippen molar-refractivity contribution in [2.45, 2.75) is 50.6 Å². The zero-order valence-electron chi connectivity index (χ0n) is 13.7. The molecule has 2 fully saturated rings. The third kappa shape index (κ3) is 4.32. The highest BCUT2D eigenvalue weighted by Crippen LogP contribution is 2.26. The van der Waals surface area contributed by atoms with Gasteiger partial charge in [-0.15, -0.1) is 0 Å². The second kappa shape index (κ2) is 7.75. The number of nitrogens with zero attached hydrogens (tertiary/aromatic N) is 2. The molecular formula is C18H24FN3O2. The quantitative estimate of drug-likeness (QED) is 0.810. The van der Waals surface area contributed by atoms with Gasteiger partial charge in [-0.1, -0.05) is 19.3 Å². The van der Waals surface area contributed by atoms with E-state index in [0.29, 0.717) is 11.6 Å². The van der Waals surface area contributed by atoms with E-state index in [1.54, 1.807) is 12.1 Å². The molecule has 1 atom stereocenters. The molecular weight excluding hydrogens is 309 g/mol. The Labute approximate surface area is 141 Å². The number of likely N-dealkylation sites (tertiary alicyclic amines) is 1. The summed E-state index contributed by atoms with van der Waals surface area (Å²) in [5.74, 6) is -2.00. The minimum absolute atomic E-state index is 0.386. The predicted octanol–water partition coefficient (Wildman–Crippen LogP) is 3.30. The van der Waals surface area contributed by atoms with Crippen molar-refractivity contribution in [3.63, 3.8) is 0 Å². The Kier molecular flexibility index (Phi) is 5.45. The van der Waals surface area contributed by atoms with E-state index in [9.17, 15) is 9.18 Å². The first-order chi connectivity index (χ1) is 11.6. The molecule has 130 valence electrons. The molecule has 1 aliphatic carbocycles. The highest BCUT2D eigenvalue weighted by Gasteiger charge is 2.29. The van der Waals surface area contributed by atoms with Gasteiger partial charge < -0.3 is 10.4 Å². The topological polar surface area (TPSA) is 65.5 Å². The van der Waals surface area contributed by atoms with E-state index in [0.717, 1.165) is 37.4 Å². The number of pyridine rings is 1. The molecule has 5 nitrogen and oxygen atoms in total. The Balaban J connectivity index is 1.53. The molecule has 0 radical (unpaired) electrons. The molecule has 2 N–H and O–H groups in total. The highest BCUT2D eigenvalue weighted by molar-refractivity contribution is 5.89. The third-order valence-electron chi connectivity index (χ3n) is 4.95. The molecule has 1 saturated carbocycles. The van der Waals surface area contributed by atoms with Crippen LogP contribution in [0.1, 0.15) is 44.1 Å². The van der Waals surface area contributed by atoms with Crippen LogP contribution in [0.4, 0.5) is 10.2 Å². The van der Waals surface area contributed by atoms with Crippen molar-refractivity contribution in [3.8, 4) is 0 Å². The van der Waals surface area contributed by atoms with E-state index < -0.39 is 11.8 Å². The van der Waals surface area contributed by atoms with E-state index >= 15 is 0 Å². The van der Waals surface area contributed by atoms with Crippen LogP contribution in [-0.4, -0.2) is 46.1 Å². The predicted molar refractivity (Wildman–Crippen MR) is 91.4 cm³/mol. The van der Waals surface area contributed by atoms with Gasteiger partial charge in [0.05, 0.1) is 0 Å². The van der Waals surface area contributed by atoms with Gasteiger partial charge in [0, 0.05) is 31.4 Å². The standard InChI is InChI=1S/C18H24FN3O2/c19-16(18(23)24)10-13-6-7-17(20-11-13)21-14-8-9-22(12-14)15-4-2-1-3-5-15/h6-7,10-11,14-15H,1-5,8-9,12H2,(H,20,21)(H,23,24)/t14-/m1/s1. The van der Waals surface area contributed by atoms with Gasteiger partial charge in [-0.3, -0.25) is 4.90 Å². The van der Waals surface area contributed by atoms with Gasteiger partial charge in [0.25, 0.3) is 0 Å². The summed E-state index contributed by atoms with van der Waals surface area (Å²) in [5.41, 5.74) is 0.440. The lowest BCUT2D eigenvalue weighted by molar-refractivity contribution is -0.134. The van der Waals surface area contributed by atoms with Gasteiger partial charge in [-0.25, -0.2) is 9.78 Å². The number of nitrogens with one attached hydrogen (secondary N) is 1. The Hall–Kier alpha value is -1.95. The van der Waals surface area contributed by atoms with Crippen LogP contribution in [0.2, 0.25) is 0 Å². The van der Waals surface area contributed by atoms with Crippen LogP contribution >= 0.6 is 0 Å². The van der Waals surface area contributed by atoms with Crippen LogP contribution in [0.3, 0.4) is 0 Å². The maximum Gasteiger partial charge on any atom is 0.364 e. The van der Waals surface area contributed by atoms with Crippen LogP contribution in [0, 0.1) is 0 Å². The second-order valence-electron chi connectivity index (χ2n) is 6.69. The van der Waals surface area contributed by atoms with Crippen molar-refractivity contribution in [2.24, 2.45) is 0 Å². The van der Waals surface area contributed by atoms with Crippen molar-refractivity contribution in [3.05, 3.63) is 29.7 Å². The number of halogens is 1. The molecule has 0 spiro atoms. The summed E-state index contributed by atoms with van der Waals surface area (Å²) < 4.78 is 13.1. The van der Waals surface area contributed by atoms with Crippen LogP contribution in [-0.2, 0) is 4.79 Å². The zero-order chi connectivity index (χ0) is 16.9. The highest BCUT2D eigenvalue weighted by atomic mass is 19.1. The first-order valence-electron chi connectivity index (χ1n) is 8.69. The number of hydrogen-bond acceptors (Lipinski definition) is 4.